The zero-order chi connectivity index (χ0) is 29.3. The molecule has 0 fully saturated rings. The predicted octanol–water partition coefficient (Wildman–Crippen LogP) is 6.44. The minimum Gasteiger partial charge on any atom is -0.491 e. The first-order valence-corrected chi connectivity index (χ1v) is 15.2. The van der Waals surface area contributed by atoms with Gasteiger partial charge in [-0.3, -0.25) is 14.4 Å². The van der Waals surface area contributed by atoms with Crippen molar-refractivity contribution in [1.29, 1.82) is 0 Å². The molecule has 0 radical (unpaired) electrons. The number of aromatic nitrogens is 1. The molecule has 43 heavy (non-hydrogen) atoms. The van der Waals surface area contributed by atoms with Gasteiger partial charge in [-0.2, -0.15) is 0 Å². The molecule has 2 aliphatic heterocycles. The summed E-state index contributed by atoms with van der Waals surface area (Å²) < 4.78 is 5.93. The van der Waals surface area contributed by atoms with E-state index in [1.54, 1.807) is 23.1 Å². The monoisotopic (exact) mass is 587 g/mol. The van der Waals surface area contributed by atoms with Gasteiger partial charge in [0, 0.05) is 41.9 Å². The third-order valence-corrected chi connectivity index (χ3v) is 9.26. The molecule has 3 aliphatic rings. The number of allylic oxidation sites excluding steroid dienone is 4. The van der Waals surface area contributed by atoms with Crippen molar-refractivity contribution in [2.75, 3.05) is 29.5 Å². The number of ketones is 2. The fraction of sp³-hybridized carbons (Fsp3) is 0.200. The van der Waals surface area contributed by atoms with Crippen LogP contribution in [0, 0.1) is 0 Å². The molecule has 0 saturated heterocycles. The molecule has 0 N–H and O–H groups in total. The minimum absolute atomic E-state index is 0.0142. The molecule has 2 aromatic carbocycles. The number of anilines is 2. The molecule has 214 valence electrons. The largest absolute Gasteiger partial charge is 0.491 e. The molecule has 1 amide bonds. The first-order chi connectivity index (χ1) is 21.0. The van der Waals surface area contributed by atoms with Crippen molar-refractivity contribution >= 4 is 40.3 Å². The van der Waals surface area contributed by atoms with Gasteiger partial charge in [-0.25, -0.2) is 4.98 Å². The number of nitrogens with zero attached hydrogens (tertiary/aromatic N) is 3. The Bertz CT molecular complexity index is 1820. The summed E-state index contributed by atoms with van der Waals surface area (Å²) in [5.74, 6) is 1.50. The van der Waals surface area contributed by atoms with Gasteiger partial charge in [0.1, 0.15) is 23.9 Å². The zero-order valence-electron chi connectivity index (χ0n) is 23.5. The molecule has 0 unspecified atom stereocenters. The Balaban J connectivity index is 1.15. The van der Waals surface area contributed by atoms with Crippen LogP contribution in [0.3, 0.4) is 0 Å². The maximum Gasteiger partial charge on any atom is 0.276 e. The molecule has 0 spiro atoms. The van der Waals surface area contributed by atoms with Crippen LogP contribution in [-0.4, -0.2) is 42.2 Å². The summed E-state index contributed by atoms with van der Waals surface area (Å²) >= 11 is 1.46. The van der Waals surface area contributed by atoms with Gasteiger partial charge in [-0.05, 0) is 48.4 Å². The Kier molecular flexibility index (Phi) is 7.20. The summed E-state index contributed by atoms with van der Waals surface area (Å²) in [5, 5.41) is 0. The molecule has 7 rings (SSSR count). The van der Waals surface area contributed by atoms with E-state index in [2.05, 4.69) is 11.0 Å². The molecule has 8 heteroatoms. The number of ether oxygens (including phenoxy) is 1. The molecule has 0 bridgehead atoms. The topological polar surface area (TPSA) is 79.8 Å². The lowest BCUT2D eigenvalue weighted by atomic mass is 9.98. The Morgan fingerprint density at radius 1 is 0.953 bits per heavy atom. The molecule has 0 saturated carbocycles. The number of benzene rings is 2. The lowest BCUT2D eigenvalue weighted by molar-refractivity contribution is -0.114. The van der Waals surface area contributed by atoms with Gasteiger partial charge in [0.05, 0.1) is 17.1 Å². The zero-order valence-corrected chi connectivity index (χ0v) is 24.3. The van der Waals surface area contributed by atoms with E-state index in [1.807, 2.05) is 66.7 Å². The SMILES string of the molecule is O=C1C=CC=C(CC(=O)c2cc3c(s2)-c2ccccc2N(C(=O)c2cccc(N4CCOc5ccccc5C4)n2)CC3)C1. The van der Waals surface area contributed by atoms with Crippen molar-refractivity contribution in [2.45, 2.75) is 25.8 Å². The van der Waals surface area contributed by atoms with Gasteiger partial charge in [0.15, 0.2) is 11.6 Å². The molecule has 4 aromatic rings. The number of carbonyl (C=O) groups excluding carboxylic acids is 3. The van der Waals surface area contributed by atoms with Gasteiger partial charge < -0.3 is 14.5 Å². The van der Waals surface area contributed by atoms with Crippen LogP contribution in [0.5, 0.6) is 5.75 Å². The highest BCUT2D eigenvalue weighted by Gasteiger charge is 2.29. The van der Waals surface area contributed by atoms with Gasteiger partial charge in [-0.15, -0.1) is 11.3 Å². The van der Waals surface area contributed by atoms with Gasteiger partial charge in [0.2, 0.25) is 0 Å². The van der Waals surface area contributed by atoms with E-state index < -0.39 is 0 Å². The van der Waals surface area contributed by atoms with Crippen molar-refractivity contribution in [1.82, 2.24) is 4.98 Å². The summed E-state index contributed by atoms with van der Waals surface area (Å²) in [4.78, 5) is 49.5. The Hall–Kier alpha value is -4.82. The highest BCUT2D eigenvalue weighted by molar-refractivity contribution is 7.17. The Labute approximate surface area is 253 Å². The third-order valence-electron chi connectivity index (χ3n) is 8.01. The molecular weight excluding hydrogens is 558 g/mol. The molecule has 4 heterocycles. The Morgan fingerprint density at radius 3 is 2.72 bits per heavy atom. The van der Waals surface area contributed by atoms with Crippen LogP contribution in [-0.2, 0) is 17.8 Å². The molecule has 2 aromatic heterocycles. The maximum absolute atomic E-state index is 14.0. The summed E-state index contributed by atoms with van der Waals surface area (Å²) in [6, 6.07) is 23.4. The normalized spacial score (nSPS) is 15.8. The molecule has 1 aliphatic carbocycles. The summed E-state index contributed by atoms with van der Waals surface area (Å²) in [5.41, 5.74) is 5.10. The van der Waals surface area contributed by atoms with E-state index in [1.165, 1.54) is 11.3 Å². The van der Waals surface area contributed by atoms with Crippen LogP contribution < -0.4 is 14.5 Å². The second kappa shape index (κ2) is 11.5. The fourth-order valence-electron chi connectivity index (χ4n) is 5.87. The van der Waals surface area contributed by atoms with E-state index in [0.717, 1.165) is 44.4 Å². The van der Waals surface area contributed by atoms with E-state index in [9.17, 15) is 14.4 Å². The van der Waals surface area contributed by atoms with Crippen LogP contribution in [0.15, 0.2) is 96.6 Å². The fourth-order valence-corrected chi connectivity index (χ4v) is 7.05. The minimum atomic E-state index is -0.158. The van der Waals surface area contributed by atoms with Gasteiger partial charge in [0.25, 0.3) is 5.91 Å². The van der Waals surface area contributed by atoms with Crippen LogP contribution >= 0.6 is 11.3 Å². The number of amides is 1. The second-order valence-corrected chi connectivity index (χ2v) is 11.9. The third kappa shape index (κ3) is 5.42. The number of hydrogen-bond acceptors (Lipinski definition) is 7. The van der Waals surface area contributed by atoms with Crippen LogP contribution in [0.2, 0.25) is 0 Å². The first-order valence-electron chi connectivity index (χ1n) is 14.4. The predicted molar refractivity (Wildman–Crippen MR) is 168 cm³/mol. The number of thiophene rings is 1. The van der Waals surface area contributed by atoms with Crippen molar-refractivity contribution in [3.05, 3.63) is 118 Å². The lowest BCUT2D eigenvalue weighted by Crippen LogP contribution is -2.34. The number of carbonyl (C=O) groups is 3. The van der Waals surface area contributed by atoms with Crippen LogP contribution in [0.25, 0.3) is 10.4 Å². The van der Waals surface area contributed by atoms with E-state index in [0.29, 0.717) is 49.7 Å². The summed E-state index contributed by atoms with van der Waals surface area (Å²) in [7, 11) is 0. The van der Waals surface area contributed by atoms with Gasteiger partial charge in [-0.1, -0.05) is 60.2 Å². The van der Waals surface area contributed by atoms with Crippen LogP contribution in [0.4, 0.5) is 11.5 Å². The van der Waals surface area contributed by atoms with Crippen molar-refractivity contribution in [3.8, 4) is 16.2 Å². The standard InChI is InChI=1S/C35H29N3O4S/c39-26-9-5-7-23(19-26)20-30(40)32-21-24-15-16-38(29-12-3-2-10-27(29)34(24)43-32)35(41)28-11-6-14-33(36-28)37-17-18-42-31-13-4-1-8-25(31)22-37/h1-14,21H,15-20,22H2. The summed E-state index contributed by atoms with van der Waals surface area (Å²) in [6.45, 7) is 2.32. The molecule has 0 atom stereocenters. The highest BCUT2D eigenvalue weighted by Crippen LogP contribution is 2.42. The average molecular weight is 588 g/mol. The number of pyridine rings is 1. The first kappa shape index (κ1) is 27.0. The van der Waals surface area contributed by atoms with E-state index in [-0.39, 0.29) is 23.9 Å². The number of Topliss-reactive ketones (excluding diaryl/α,β-unsaturated/α-hetero) is 1. The highest BCUT2D eigenvalue weighted by atomic mass is 32.1. The van der Waals surface area contributed by atoms with Crippen molar-refractivity contribution < 1.29 is 19.1 Å². The smallest absolute Gasteiger partial charge is 0.276 e. The van der Waals surface area contributed by atoms with E-state index in [4.69, 9.17) is 9.72 Å². The number of hydrogen-bond donors (Lipinski definition) is 0. The van der Waals surface area contributed by atoms with Crippen LogP contribution in [0.1, 0.15) is 44.1 Å². The quantitative estimate of drug-likeness (QED) is 0.250. The maximum atomic E-state index is 14.0. The van der Waals surface area contributed by atoms with Crippen molar-refractivity contribution in [2.24, 2.45) is 0 Å². The lowest BCUT2D eigenvalue weighted by Gasteiger charge is -2.24. The van der Waals surface area contributed by atoms with E-state index >= 15 is 0 Å². The second-order valence-electron chi connectivity index (χ2n) is 10.9. The van der Waals surface area contributed by atoms with Crippen molar-refractivity contribution in [3.63, 3.8) is 0 Å². The average Bonchev–Trinajstić information content (AvgIpc) is 3.24. The number of fused-ring (bicyclic) bond motifs is 4. The molecule has 7 nitrogen and oxygen atoms in total. The van der Waals surface area contributed by atoms with Gasteiger partial charge >= 0.3 is 0 Å². The summed E-state index contributed by atoms with van der Waals surface area (Å²) in [6.07, 6.45) is 6.26. The number of para-hydroxylation sites is 2. The molecular formula is C35H29N3O4S. The Morgan fingerprint density at radius 2 is 1.81 bits per heavy atom. The number of rotatable bonds is 5.